The van der Waals surface area contributed by atoms with Crippen LogP contribution in [0.3, 0.4) is 0 Å². The van der Waals surface area contributed by atoms with E-state index in [0.29, 0.717) is 12.4 Å². The fourth-order valence-corrected chi connectivity index (χ4v) is 3.84. The van der Waals surface area contributed by atoms with Gasteiger partial charge in [0.1, 0.15) is 10.8 Å². The molecule has 0 spiro atoms. The molecule has 0 saturated heterocycles. The molecule has 0 aromatic carbocycles. The number of hydrogen-bond acceptors (Lipinski definition) is 6. The van der Waals surface area contributed by atoms with Crippen molar-refractivity contribution < 1.29 is 5.11 Å². The largest absolute Gasteiger partial charge is 0.388 e. The first-order valence-electron chi connectivity index (χ1n) is 7.18. The van der Waals surface area contributed by atoms with Gasteiger partial charge < -0.3 is 15.7 Å². The van der Waals surface area contributed by atoms with Gasteiger partial charge in [0.25, 0.3) is 0 Å². The van der Waals surface area contributed by atoms with Crippen LogP contribution >= 0.6 is 11.5 Å². The molecule has 3 N–H and O–H groups in total. The quantitative estimate of drug-likeness (QED) is 0.908. The highest BCUT2D eigenvalue weighted by molar-refractivity contribution is 7.11. The molecule has 1 saturated carbocycles. The van der Waals surface area contributed by atoms with E-state index < -0.39 is 5.60 Å². The van der Waals surface area contributed by atoms with Crippen LogP contribution in [0.1, 0.15) is 25.7 Å². The van der Waals surface area contributed by atoms with Crippen LogP contribution in [0, 0.1) is 0 Å². The van der Waals surface area contributed by atoms with Crippen LogP contribution in [0.15, 0.2) is 24.5 Å². The van der Waals surface area contributed by atoms with Gasteiger partial charge in [-0.1, -0.05) is 12.8 Å². The summed E-state index contributed by atoms with van der Waals surface area (Å²) in [4.78, 5) is 6.12. The second-order valence-electron chi connectivity index (χ2n) is 5.77. The lowest BCUT2D eigenvalue weighted by atomic mass is 10.0. The first kappa shape index (κ1) is 14.3. The maximum absolute atomic E-state index is 10.6. The van der Waals surface area contributed by atoms with Crippen LogP contribution in [0.5, 0.6) is 0 Å². The normalized spacial score (nSPS) is 17.0. The number of likely N-dealkylation sites (N-methyl/N-ethyl adjacent to an activating group) is 1. The highest BCUT2D eigenvalue weighted by Crippen LogP contribution is 2.40. The van der Waals surface area contributed by atoms with Gasteiger partial charge in [-0.05, 0) is 42.1 Å². The molecule has 0 unspecified atom stereocenters. The molecule has 0 aliphatic heterocycles. The van der Waals surface area contributed by atoms with Gasteiger partial charge in [-0.25, -0.2) is 0 Å². The molecule has 0 atom stereocenters. The minimum Gasteiger partial charge on any atom is -0.388 e. The summed E-state index contributed by atoms with van der Waals surface area (Å²) in [6.45, 7) is 0.618. The van der Waals surface area contributed by atoms with Gasteiger partial charge in [0, 0.05) is 26.0 Å². The maximum Gasteiger partial charge on any atom is 0.147 e. The summed E-state index contributed by atoms with van der Waals surface area (Å²) >= 11 is 1.38. The smallest absolute Gasteiger partial charge is 0.147 e. The van der Waals surface area contributed by atoms with Crippen LogP contribution in [0.2, 0.25) is 0 Å². The lowest BCUT2D eigenvalue weighted by Gasteiger charge is -2.29. The average Bonchev–Trinajstić information content (AvgIpc) is 3.06. The minimum atomic E-state index is -0.580. The van der Waals surface area contributed by atoms with Crippen molar-refractivity contribution in [2.24, 2.45) is 0 Å². The summed E-state index contributed by atoms with van der Waals surface area (Å²) in [5, 5.41) is 11.6. The maximum atomic E-state index is 10.6. The lowest BCUT2D eigenvalue weighted by Crippen LogP contribution is -2.39. The molecule has 0 amide bonds. The zero-order valence-electron chi connectivity index (χ0n) is 12.1. The topological polar surface area (TPSA) is 75.3 Å². The van der Waals surface area contributed by atoms with Crippen molar-refractivity contribution in [1.29, 1.82) is 0 Å². The average molecular weight is 304 g/mol. The number of anilines is 2. The van der Waals surface area contributed by atoms with Crippen molar-refractivity contribution in [3.8, 4) is 11.1 Å². The number of hydrogen-bond donors (Lipinski definition) is 2. The monoisotopic (exact) mass is 304 g/mol. The summed E-state index contributed by atoms with van der Waals surface area (Å²) in [6.07, 6.45) is 7.45. The molecule has 21 heavy (non-hydrogen) atoms. The zero-order valence-corrected chi connectivity index (χ0v) is 12.9. The van der Waals surface area contributed by atoms with Crippen LogP contribution in [-0.4, -0.2) is 33.7 Å². The number of aliphatic hydroxyl groups is 1. The molecule has 1 aliphatic carbocycles. The first-order valence-corrected chi connectivity index (χ1v) is 7.95. The van der Waals surface area contributed by atoms with Crippen molar-refractivity contribution in [3.05, 3.63) is 24.5 Å². The number of nitrogen functional groups attached to an aromatic ring is 1. The van der Waals surface area contributed by atoms with E-state index in [2.05, 4.69) is 14.3 Å². The van der Waals surface area contributed by atoms with Crippen molar-refractivity contribution in [3.63, 3.8) is 0 Å². The second kappa shape index (κ2) is 5.61. The number of rotatable bonds is 4. The molecule has 0 radical (unpaired) electrons. The zero-order chi connectivity index (χ0) is 14.9. The Balaban J connectivity index is 1.89. The SMILES string of the molecule is CN(CC1(O)CCCC1)c1snc(N)c1-c1ccncc1. The fourth-order valence-electron chi connectivity index (χ4n) is 3.05. The Kier molecular flexibility index (Phi) is 3.82. The molecule has 5 nitrogen and oxygen atoms in total. The van der Waals surface area contributed by atoms with Crippen LogP contribution in [0.4, 0.5) is 10.8 Å². The highest BCUT2D eigenvalue weighted by Gasteiger charge is 2.33. The molecule has 1 fully saturated rings. The van der Waals surface area contributed by atoms with E-state index in [9.17, 15) is 5.11 Å². The molecular formula is C15H20N4OS. The van der Waals surface area contributed by atoms with E-state index in [1.165, 1.54) is 11.5 Å². The Morgan fingerprint density at radius 3 is 2.67 bits per heavy atom. The van der Waals surface area contributed by atoms with Gasteiger partial charge in [0.05, 0.1) is 11.2 Å². The third kappa shape index (κ3) is 2.87. The number of nitrogens with zero attached hydrogens (tertiary/aromatic N) is 3. The fraction of sp³-hybridized carbons (Fsp3) is 0.467. The Bertz CT molecular complexity index is 607. The Labute approximate surface area is 128 Å². The molecule has 0 bridgehead atoms. The molecule has 1 aliphatic rings. The predicted molar refractivity (Wildman–Crippen MR) is 86.4 cm³/mol. The Morgan fingerprint density at radius 1 is 1.33 bits per heavy atom. The summed E-state index contributed by atoms with van der Waals surface area (Å²) in [7, 11) is 1.99. The van der Waals surface area contributed by atoms with Crippen LogP contribution < -0.4 is 10.6 Å². The lowest BCUT2D eigenvalue weighted by molar-refractivity contribution is 0.0561. The molecule has 2 aromatic rings. The Hall–Kier alpha value is -1.66. The van der Waals surface area contributed by atoms with E-state index in [4.69, 9.17) is 5.73 Å². The van der Waals surface area contributed by atoms with E-state index in [0.717, 1.165) is 41.8 Å². The van der Waals surface area contributed by atoms with Crippen molar-refractivity contribution in [2.75, 3.05) is 24.2 Å². The summed E-state index contributed by atoms with van der Waals surface area (Å²) in [5.41, 5.74) is 7.41. The van der Waals surface area contributed by atoms with Gasteiger partial charge in [-0.3, -0.25) is 4.98 Å². The standard InChI is InChI=1S/C15H20N4OS/c1-19(10-15(20)6-2-3-7-15)14-12(13(16)18-21-14)11-4-8-17-9-5-11/h4-5,8-9,20H,2-3,6-7,10H2,1H3,(H2,16,18). The van der Waals surface area contributed by atoms with E-state index in [-0.39, 0.29) is 0 Å². The van der Waals surface area contributed by atoms with Crippen molar-refractivity contribution in [2.45, 2.75) is 31.3 Å². The molecule has 6 heteroatoms. The third-order valence-corrected chi connectivity index (χ3v) is 5.06. The van der Waals surface area contributed by atoms with Gasteiger partial charge in [0.15, 0.2) is 0 Å². The molecule has 3 rings (SSSR count). The van der Waals surface area contributed by atoms with Crippen LogP contribution in [-0.2, 0) is 0 Å². The molecule has 2 aromatic heterocycles. The van der Waals surface area contributed by atoms with E-state index in [1.807, 2.05) is 19.2 Å². The van der Waals surface area contributed by atoms with Crippen molar-refractivity contribution in [1.82, 2.24) is 9.36 Å². The number of nitrogens with two attached hydrogens (primary N) is 1. The van der Waals surface area contributed by atoms with Crippen molar-refractivity contribution >= 4 is 22.4 Å². The third-order valence-electron chi connectivity index (χ3n) is 4.08. The molecular weight excluding hydrogens is 284 g/mol. The van der Waals surface area contributed by atoms with Gasteiger partial charge >= 0.3 is 0 Å². The first-order chi connectivity index (χ1) is 10.1. The van der Waals surface area contributed by atoms with Gasteiger partial charge in [-0.15, -0.1) is 0 Å². The van der Waals surface area contributed by atoms with Gasteiger partial charge in [0.2, 0.25) is 0 Å². The van der Waals surface area contributed by atoms with Gasteiger partial charge in [-0.2, -0.15) is 4.37 Å². The van der Waals surface area contributed by atoms with E-state index >= 15 is 0 Å². The van der Waals surface area contributed by atoms with Crippen LogP contribution in [0.25, 0.3) is 11.1 Å². The highest BCUT2D eigenvalue weighted by atomic mass is 32.1. The predicted octanol–water partition coefficient (Wildman–Crippen LogP) is 2.53. The molecule has 2 heterocycles. The minimum absolute atomic E-state index is 0.534. The molecule has 112 valence electrons. The summed E-state index contributed by atoms with van der Waals surface area (Å²) in [5.74, 6) is 0.534. The number of aromatic nitrogens is 2. The summed E-state index contributed by atoms with van der Waals surface area (Å²) in [6, 6.07) is 3.86. The Morgan fingerprint density at radius 2 is 2.00 bits per heavy atom. The second-order valence-corrected chi connectivity index (χ2v) is 6.52. The summed E-state index contributed by atoms with van der Waals surface area (Å²) < 4.78 is 4.29. The van der Waals surface area contributed by atoms with E-state index in [1.54, 1.807) is 12.4 Å². The number of pyridine rings is 1.